The van der Waals surface area contributed by atoms with Crippen molar-refractivity contribution in [3.05, 3.63) is 42.5 Å². The van der Waals surface area contributed by atoms with Crippen molar-refractivity contribution in [1.29, 1.82) is 0 Å². The summed E-state index contributed by atoms with van der Waals surface area (Å²) in [6.45, 7) is 9.69. The number of fused-ring (bicyclic) bond motifs is 1. The summed E-state index contributed by atoms with van der Waals surface area (Å²) < 4.78 is 33.0. The Bertz CT molecular complexity index is 1360. The zero-order valence-corrected chi connectivity index (χ0v) is 30.7. The van der Waals surface area contributed by atoms with Crippen LogP contribution >= 0.6 is 0 Å². The van der Waals surface area contributed by atoms with Crippen LogP contribution in [-0.4, -0.2) is 92.2 Å². The van der Waals surface area contributed by atoms with Crippen LogP contribution in [0.1, 0.15) is 98.3 Å². The number of aliphatic hydroxyl groups excluding tert-OH is 1. The van der Waals surface area contributed by atoms with E-state index in [0.717, 1.165) is 47.6 Å². The van der Waals surface area contributed by atoms with E-state index in [9.17, 15) is 27.4 Å². The molecule has 0 aliphatic carbocycles. The Morgan fingerprint density at radius 3 is 1.83 bits per heavy atom. The van der Waals surface area contributed by atoms with Crippen molar-refractivity contribution in [3.63, 3.8) is 0 Å². The molecule has 2 rings (SSSR count). The van der Waals surface area contributed by atoms with Crippen LogP contribution in [0.15, 0.2) is 47.4 Å². The molecule has 0 radical (unpaired) electrons. The summed E-state index contributed by atoms with van der Waals surface area (Å²) in [4.78, 5) is 36.6. The highest BCUT2D eigenvalue weighted by Crippen LogP contribution is 2.18. The van der Waals surface area contributed by atoms with E-state index in [0.29, 0.717) is 12.8 Å². The molecule has 2 aromatic rings. The first-order chi connectivity index (χ1) is 22.5. The topological polar surface area (TPSA) is 165 Å². The van der Waals surface area contributed by atoms with E-state index >= 15 is 0 Å². The first kappa shape index (κ1) is 43.0. The number of hydrogen-bond donors (Lipinski definition) is 4. The summed E-state index contributed by atoms with van der Waals surface area (Å²) in [6.07, 6.45) is 9.88. The summed E-state index contributed by atoms with van der Waals surface area (Å²) in [5.74, 6) is -0.476. The van der Waals surface area contributed by atoms with E-state index < -0.39 is 16.2 Å². The number of aliphatic hydroxyl groups is 1. The van der Waals surface area contributed by atoms with Crippen LogP contribution < -0.4 is 16.0 Å². The molecule has 12 heteroatoms. The van der Waals surface area contributed by atoms with Crippen LogP contribution in [0, 0.1) is 0 Å². The van der Waals surface area contributed by atoms with Gasteiger partial charge in [-0.1, -0.05) is 62.4 Å². The van der Waals surface area contributed by atoms with E-state index in [1.807, 2.05) is 39.8 Å². The zero-order chi connectivity index (χ0) is 36.2. The number of hydrogen-bond acceptors (Lipinski definition) is 7. The summed E-state index contributed by atoms with van der Waals surface area (Å²) in [5, 5.41) is 19.2. The van der Waals surface area contributed by atoms with Crippen molar-refractivity contribution in [2.75, 3.05) is 33.8 Å². The van der Waals surface area contributed by atoms with Gasteiger partial charge in [-0.25, -0.2) is 8.42 Å². The van der Waals surface area contributed by atoms with E-state index in [2.05, 4.69) is 30.0 Å². The number of unbranched alkanes of at least 4 members (excludes halogenated alkanes) is 7. The maximum atomic E-state index is 12.5. The number of amides is 3. The highest BCUT2D eigenvalue weighted by atomic mass is 32.2. The molecule has 2 aromatic carbocycles. The van der Waals surface area contributed by atoms with Crippen LogP contribution in [-0.2, 0) is 24.5 Å². The highest BCUT2D eigenvalue weighted by Gasteiger charge is 2.22. The minimum Gasteiger partial charge on any atom is -0.744 e. The summed E-state index contributed by atoms with van der Waals surface area (Å²) in [7, 11) is -0.0210. The maximum Gasteiger partial charge on any atom is 0.242 e. The minimum absolute atomic E-state index is 0.0255. The lowest BCUT2D eigenvalue weighted by molar-refractivity contribution is -0.890. The van der Waals surface area contributed by atoms with Crippen LogP contribution in [0.25, 0.3) is 10.8 Å². The van der Waals surface area contributed by atoms with E-state index in [1.54, 1.807) is 18.2 Å². The molecule has 0 bridgehead atoms. The number of quaternary nitrogens is 1. The second-order valence-electron chi connectivity index (χ2n) is 13.7. The predicted molar refractivity (Wildman–Crippen MR) is 190 cm³/mol. The maximum absolute atomic E-state index is 12.5. The van der Waals surface area contributed by atoms with Gasteiger partial charge in [0.15, 0.2) is 0 Å². The molecule has 0 aromatic heterocycles. The Labute approximate surface area is 288 Å². The Morgan fingerprint density at radius 1 is 0.729 bits per heavy atom. The van der Waals surface area contributed by atoms with Gasteiger partial charge in [0.1, 0.15) is 22.7 Å². The molecule has 0 spiro atoms. The number of nitrogens with one attached hydrogen (secondary N) is 3. The number of benzene rings is 2. The molecule has 1 unspecified atom stereocenters. The Hall–Kier alpha value is -3.06. The molecule has 11 nitrogen and oxygen atoms in total. The average Bonchev–Trinajstić information content (AvgIpc) is 2.99. The molecule has 272 valence electrons. The van der Waals surface area contributed by atoms with Gasteiger partial charge in [0.2, 0.25) is 17.7 Å². The van der Waals surface area contributed by atoms with Crippen LogP contribution in [0.3, 0.4) is 0 Å². The van der Waals surface area contributed by atoms with Crippen molar-refractivity contribution in [2.24, 2.45) is 0 Å². The molecule has 0 fully saturated rings. The lowest BCUT2D eigenvalue weighted by Crippen LogP contribution is -2.49. The molecule has 0 saturated heterocycles. The molecular formula is C36H60N4O7S. The van der Waals surface area contributed by atoms with Gasteiger partial charge in [0.25, 0.3) is 0 Å². The highest BCUT2D eigenvalue weighted by molar-refractivity contribution is 7.85. The summed E-state index contributed by atoms with van der Waals surface area (Å²) in [5.41, 5.74) is 0. The van der Waals surface area contributed by atoms with Crippen molar-refractivity contribution in [3.8, 4) is 0 Å². The molecule has 48 heavy (non-hydrogen) atoms. The fraction of sp³-hybridized carbons (Fsp3) is 0.639. The predicted octanol–water partition coefficient (Wildman–Crippen LogP) is 4.62. The lowest BCUT2D eigenvalue weighted by Gasteiger charge is -2.28. The van der Waals surface area contributed by atoms with Crippen molar-refractivity contribution in [1.82, 2.24) is 16.0 Å². The first-order valence-corrected chi connectivity index (χ1v) is 18.7. The van der Waals surface area contributed by atoms with E-state index in [4.69, 9.17) is 5.11 Å². The van der Waals surface area contributed by atoms with Gasteiger partial charge < -0.3 is 30.1 Å². The average molecular weight is 693 g/mol. The number of rotatable bonds is 21. The fourth-order valence-corrected chi connectivity index (χ4v) is 5.69. The van der Waals surface area contributed by atoms with E-state index in [-0.39, 0.29) is 47.7 Å². The van der Waals surface area contributed by atoms with Gasteiger partial charge in [-0.3, -0.25) is 14.4 Å². The molecule has 0 aliphatic rings. The zero-order valence-electron chi connectivity index (χ0n) is 29.9. The third-order valence-electron chi connectivity index (χ3n) is 7.82. The Kier molecular flexibility index (Phi) is 20.2. The third kappa shape index (κ3) is 19.7. The van der Waals surface area contributed by atoms with Crippen LogP contribution in [0.5, 0.6) is 0 Å². The second-order valence-corrected chi connectivity index (χ2v) is 15.1. The third-order valence-corrected chi connectivity index (χ3v) is 8.66. The first-order valence-electron chi connectivity index (χ1n) is 17.3. The monoisotopic (exact) mass is 692 g/mol. The normalized spacial score (nSPS) is 12.4. The largest absolute Gasteiger partial charge is 0.744 e. The SMILES string of the molecule is CC(C)NC(=O)CCC(NC(=O)CCCCCCCCCC[N+](C)(C)CCO)C(=O)NC(C)C.O=S(=O)([O-])c1ccc2ccccc2c1. The molecule has 4 N–H and O–H groups in total. The smallest absolute Gasteiger partial charge is 0.242 e. The molecule has 3 amide bonds. The van der Waals surface area contributed by atoms with Crippen LogP contribution in [0.2, 0.25) is 0 Å². The van der Waals surface area contributed by atoms with Gasteiger partial charge in [0.05, 0.1) is 32.1 Å². The quantitative estimate of drug-likeness (QED) is 0.0842. The van der Waals surface area contributed by atoms with Crippen molar-refractivity contribution < 1.29 is 36.9 Å². The standard InChI is InChI=1S/C26H52N4O4.C10H8O3S/c1-21(2)27-25(33)17-16-23(26(34)28-22(3)4)29-24(32)15-13-11-9-7-8-10-12-14-18-30(5,6)19-20-31;11-14(12,13)10-6-5-8-3-1-2-4-9(8)7-10/h21-23,31H,7-20H2,1-6H3,(H2-,27,28,29,32,33,34);1-7H,(H,11,12,13). The van der Waals surface area contributed by atoms with E-state index in [1.165, 1.54) is 44.2 Å². The fourth-order valence-electron chi connectivity index (χ4n) is 5.18. The molecular weight excluding hydrogens is 632 g/mol. The second kappa shape index (κ2) is 22.6. The number of nitrogens with zero attached hydrogens (tertiary/aromatic N) is 1. The van der Waals surface area contributed by atoms with Gasteiger partial charge >= 0.3 is 0 Å². The number of likely N-dealkylation sites (N-methyl/N-ethyl adjacent to an activating group) is 1. The number of carbonyl (C=O) groups excluding carboxylic acids is 3. The van der Waals surface area contributed by atoms with Gasteiger partial charge in [-0.05, 0) is 76.3 Å². The van der Waals surface area contributed by atoms with Gasteiger partial charge in [-0.15, -0.1) is 0 Å². The lowest BCUT2D eigenvalue weighted by atomic mass is 10.1. The van der Waals surface area contributed by atoms with Crippen LogP contribution in [0.4, 0.5) is 0 Å². The molecule has 1 atom stereocenters. The number of carbonyl (C=O) groups is 3. The van der Waals surface area contributed by atoms with Gasteiger partial charge in [0, 0.05) is 24.9 Å². The summed E-state index contributed by atoms with van der Waals surface area (Å²) in [6, 6.07) is 10.9. The van der Waals surface area contributed by atoms with Gasteiger partial charge in [-0.2, -0.15) is 0 Å². The molecule has 0 aliphatic heterocycles. The minimum atomic E-state index is -4.34. The Morgan fingerprint density at radius 2 is 1.27 bits per heavy atom. The Balaban J connectivity index is 0.000000672. The van der Waals surface area contributed by atoms with Crippen molar-refractivity contribution >= 4 is 38.6 Å². The molecule has 0 saturated carbocycles. The molecule has 0 heterocycles. The van der Waals surface area contributed by atoms with Crippen molar-refractivity contribution in [2.45, 2.75) is 121 Å². The summed E-state index contributed by atoms with van der Waals surface area (Å²) >= 11 is 0.